The second-order valence-corrected chi connectivity index (χ2v) is 6.82. The number of barbiturate groups is 1. The normalized spacial score (nSPS) is 15.2. The van der Waals surface area contributed by atoms with Crippen LogP contribution in [-0.2, 0) is 9.59 Å². The molecule has 3 rings (SSSR count). The topological polar surface area (TPSA) is 105 Å². The quantitative estimate of drug-likeness (QED) is 0.381. The Morgan fingerprint density at radius 3 is 2.42 bits per heavy atom. The fourth-order valence-electron chi connectivity index (χ4n) is 2.99. The molecule has 4 amide bonds. The highest BCUT2D eigenvalue weighted by Crippen LogP contribution is 2.30. The Hall–Kier alpha value is -3.81. The monoisotopic (exact) mass is 424 g/mol. The van der Waals surface area contributed by atoms with Gasteiger partial charge >= 0.3 is 6.03 Å². The summed E-state index contributed by atoms with van der Waals surface area (Å²) in [5.74, 6) is -0.474. The van der Waals surface area contributed by atoms with Crippen LogP contribution in [0.25, 0.3) is 6.08 Å². The highest BCUT2D eigenvalue weighted by molar-refractivity contribution is 6.39. The van der Waals surface area contributed by atoms with Gasteiger partial charge in [0.25, 0.3) is 11.8 Å². The van der Waals surface area contributed by atoms with Gasteiger partial charge < -0.3 is 14.6 Å². The maximum Gasteiger partial charge on any atom is 0.335 e. The average Bonchev–Trinajstić information content (AvgIpc) is 2.74. The van der Waals surface area contributed by atoms with E-state index in [2.05, 4.69) is 12.2 Å². The Labute approximate surface area is 180 Å². The third-order valence-corrected chi connectivity index (χ3v) is 4.54. The van der Waals surface area contributed by atoms with Gasteiger partial charge in [0, 0.05) is 0 Å². The zero-order chi connectivity index (χ0) is 22.4. The van der Waals surface area contributed by atoms with Crippen LogP contribution in [0.4, 0.5) is 10.5 Å². The van der Waals surface area contributed by atoms with Gasteiger partial charge in [0.15, 0.2) is 11.5 Å². The van der Waals surface area contributed by atoms with Gasteiger partial charge in [-0.2, -0.15) is 0 Å². The van der Waals surface area contributed by atoms with E-state index >= 15 is 0 Å². The van der Waals surface area contributed by atoms with Crippen LogP contribution in [0.2, 0.25) is 0 Å². The van der Waals surface area contributed by atoms with Crippen LogP contribution in [0.3, 0.4) is 0 Å². The number of urea groups is 1. The summed E-state index contributed by atoms with van der Waals surface area (Å²) in [5.41, 5.74) is 0.577. The third kappa shape index (κ3) is 5.03. The molecule has 2 aromatic rings. The summed E-state index contributed by atoms with van der Waals surface area (Å²) in [6.45, 7) is 4.90. The van der Waals surface area contributed by atoms with Crippen molar-refractivity contribution < 1.29 is 29.0 Å². The number of unbranched alkanes of at least 4 members (excludes halogenated alkanes) is 1. The predicted molar refractivity (Wildman–Crippen MR) is 115 cm³/mol. The summed E-state index contributed by atoms with van der Waals surface area (Å²) in [7, 11) is 0. The molecule has 1 fully saturated rings. The molecule has 2 aromatic carbocycles. The van der Waals surface area contributed by atoms with Gasteiger partial charge in [-0.3, -0.25) is 14.9 Å². The number of hydrogen-bond acceptors (Lipinski definition) is 6. The van der Waals surface area contributed by atoms with Gasteiger partial charge in [0.1, 0.15) is 11.3 Å². The first-order valence-electron chi connectivity index (χ1n) is 10.0. The van der Waals surface area contributed by atoms with Gasteiger partial charge in [0.05, 0.1) is 18.9 Å². The molecule has 0 aliphatic carbocycles. The Morgan fingerprint density at radius 1 is 1.00 bits per heavy atom. The fraction of sp³-hybridized carbons (Fsp3) is 0.261. The highest BCUT2D eigenvalue weighted by Gasteiger charge is 2.36. The molecule has 0 bridgehead atoms. The molecule has 31 heavy (non-hydrogen) atoms. The van der Waals surface area contributed by atoms with Gasteiger partial charge in [0.2, 0.25) is 0 Å². The number of aromatic hydroxyl groups is 1. The number of ether oxygens (including phenoxy) is 2. The molecule has 0 spiro atoms. The first-order valence-corrected chi connectivity index (χ1v) is 10.0. The molecule has 0 atom stereocenters. The number of benzene rings is 2. The number of imide groups is 2. The van der Waals surface area contributed by atoms with Crippen LogP contribution in [0.5, 0.6) is 17.2 Å². The summed E-state index contributed by atoms with van der Waals surface area (Å²) < 4.78 is 11.4. The van der Waals surface area contributed by atoms with Crippen molar-refractivity contribution in [1.82, 2.24) is 5.32 Å². The molecule has 2 N–H and O–H groups in total. The van der Waals surface area contributed by atoms with Gasteiger partial charge in [-0.1, -0.05) is 19.4 Å². The fourth-order valence-corrected chi connectivity index (χ4v) is 2.99. The molecule has 0 radical (unpaired) electrons. The number of nitrogens with one attached hydrogen (secondary N) is 1. The smallest absolute Gasteiger partial charge is 0.335 e. The average molecular weight is 424 g/mol. The molecule has 1 aliphatic heterocycles. The van der Waals surface area contributed by atoms with E-state index in [-0.39, 0.29) is 17.0 Å². The van der Waals surface area contributed by atoms with E-state index in [4.69, 9.17) is 9.47 Å². The van der Waals surface area contributed by atoms with Crippen molar-refractivity contribution >= 4 is 29.6 Å². The number of carbonyl (C=O) groups excluding carboxylic acids is 3. The molecule has 1 aliphatic rings. The lowest BCUT2D eigenvalue weighted by Crippen LogP contribution is -2.54. The van der Waals surface area contributed by atoms with Crippen molar-refractivity contribution in [1.29, 1.82) is 0 Å². The van der Waals surface area contributed by atoms with E-state index < -0.39 is 17.8 Å². The van der Waals surface area contributed by atoms with Crippen molar-refractivity contribution in [2.24, 2.45) is 0 Å². The number of hydrogen-bond donors (Lipinski definition) is 2. The van der Waals surface area contributed by atoms with E-state index in [9.17, 15) is 19.5 Å². The van der Waals surface area contributed by atoms with Crippen molar-refractivity contribution in [2.45, 2.75) is 26.7 Å². The second-order valence-electron chi connectivity index (χ2n) is 6.82. The molecular weight excluding hydrogens is 400 g/mol. The van der Waals surface area contributed by atoms with Crippen molar-refractivity contribution in [2.75, 3.05) is 18.1 Å². The first kappa shape index (κ1) is 21.9. The van der Waals surface area contributed by atoms with Gasteiger partial charge in [-0.25, -0.2) is 9.69 Å². The van der Waals surface area contributed by atoms with Crippen LogP contribution >= 0.6 is 0 Å². The number of nitrogens with zero attached hydrogens (tertiary/aromatic N) is 1. The molecule has 162 valence electrons. The largest absolute Gasteiger partial charge is 0.508 e. The molecular formula is C23H24N2O6. The predicted octanol–water partition coefficient (Wildman–Crippen LogP) is 3.64. The van der Waals surface area contributed by atoms with E-state index in [1.165, 1.54) is 30.3 Å². The van der Waals surface area contributed by atoms with Gasteiger partial charge in [-0.15, -0.1) is 0 Å². The number of carbonyl (C=O) groups is 3. The minimum absolute atomic E-state index is 0.00911. The zero-order valence-corrected chi connectivity index (χ0v) is 17.4. The highest BCUT2D eigenvalue weighted by atomic mass is 16.5. The number of rotatable bonds is 8. The van der Waals surface area contributed by atoms with Crippen LogP contribution < -0.4 is 19.7 Å². The summed E-state index contributed by atoms with van der Waals surface area (Å²) in [6, 6.07) is 9.78. The van der Waals surface area contributed by atoms with E-state index in [1.807, 2.05) is 6.92 Å². The lowest BCUT2D eigenvalue weighted by molar-refractivity contribution is -0.122. The van der Waals surface area contributed by atoms with Crippen LogP contribution in [0.1, 0.15) is 32.3 Å². The Bertz CT molecular complexity index is 1010. The first-order chi connectivity index (χ1) is 14.9. The van der Waals surface area contributed by atoms with Crippen LogP contribution in [0.15, 0.2) is 48.0 Å². The molecule has 1 saturated heterocycles. The van der Waals surface area contributed by atoms with E-state index in [0.29, 0.717) is 30.3 Å². The van der Waals surface area contributed by atoms with E-state index in [0.717, 1.165) is 17.7 Å². The summed E-state index contributed by atoms with van der Waals surface area (Å²) in [5, 5.41) is 11.6. The van der Waals surface area contributed by atoms with Crippen molar-refractivity contribution in [3.63, 3.8) is 0 Å². The van der Waals surface area contributed by atoms with Gasteiger partial charge in [-0.05, 0) is 61.4 Å². The zero-order valence-electron chi connectivity index (χ0n) is 17.4. The Morgan fingerprint density at radius 2 is 1.74 bits per heavy atom. The number of phenols is 1. The molecule has 8 heteroatoms. The summed E-state index contributed by atoms with van der Waals surface area (Å²) >= 11 is 0. The standard InChI is InChI=1S/C23H24N2O6/c1-3-5-12-31-19-11-6-15(14-20(19)30-4-2)13-18-21(27)24-23(29)25(22(18)28)16-7-9-17(26)10-8-16/h6-11,13-14,26H,3-5,12H2,1-2H3,(H,24,27,29)/b18-13-. The maximum atomic E-state index is 12.9. The number of phenolic OH excluding ortho intramolecular Hbond substituents is 1. The molecule has 8 nitrogen and oxygen atoms in total. The van der Waals surface area contributed by atoms with E-state index in [1.54, 1.807) is 18.2 Å². The SMILES string of the molecule is CCCCOc1ccc(/C=C2/C(=O)NC(=O)N(c3ccc(O)cc3)C2=O)cc1OCC. The Kier molecular flexibility index (Phi) is 6.92. The molecule has 0 unspecified atom stereocenters. The minimum Gasteiger partial charge on any atom is -0.508 e. The lowest BCUT2D eigenvalue weighted by Gasteiger charge is -2.26. The lowest BCUT2D eigenvalue weighted by atomic mass is 10.1. The number of amides is 4. The van der Waals surface area contributed by atoms with Crippen molar-refractivity contribution in [3.8, 4) is 17.2 Å². The maximum absolute atomic E-state index is 12.9. The second kappa shape index (κ2) is 9.80. The molecule has 0 saturated carbocycles. The summed E-state index contributed by atoms with van der Waals surface area (Å²) in [4.78, 5) is 38.4. The third-order valence-electron chi connectivity index (χ3n) is 4.54. The summed E-state index contributed by atoms with van der Waals surface area (Å²) in [6.07, 6.45) is 3.31. The van der Waals surface area contributed by atoms with Crippen molar-refractivity contribution in [3.05, 3.63) is 53.6 Å². The number of anilines is 1. The minimum atomic E-state index is -0.854. The van der Waals surface area contributed by atoms with Crippen LogP contribution in [-0.4, -0.2) is 36.2 Å². The Balaban J connectivity index is 1.92. The van der Waals surface area contributed by atoms with Crippen LogP contribution in [0, 0.1) is 0 Å². The molecule has 0 aromatic heterocycles. The molecule has 1 heterocycles.